The van der Waals surface area contributed by atoms with Crippen LogP contribution in [0.5, 0.6) is 0 Å². The average molecular weight is 488 g/mol. The van der Waals surface area contributed by atoms with Crippen LogP contribution >= 0.6 is 11.6 Å². The molecule has 0 saturated heterocycles. The van der Waals surface area contributed by atoms with Crippen molar-refractivity contribution in [2.45, 2.75) is 6.54 Å². The first-order valence-corrected chi connectivity index (χ1v) is 12.1. The number of aromatic carboxylic acids is 1. The van der Waals surface area contributed by atoms with E-state index in [0.717, 1.165) is 27.6 Å². The molecule has 0 radical (unpaired) electrons. The first kappa shape index (κ1) is 22.1. The Morgan fingerprint density at radius 1 is 0.750 bits per heavy atom. The van der Waals surface area contributed by atoms with Gasteiger partial charge >= 0.3 is 5.97 Å². The van der Waals surface area contributed by atoms with Crippen LogP contribution in [0.15, 0.2) is 115 Å². The number of hydrogen-bond acceptors (Lipinski definition) is 1. The Hall–Kier alpha value is -4.34. The molecule has 0 fully saturated rings. The molecule has 174 valence electrons. The lowest BCUT2D eigenvalue weighted by Gasteiger charge is -2.11. The lowest BCUT2D eigenvalue weighted by molar-refractivity contribution is 0.0697. The molecule has 0 aliphatic heterocycles. The van der Waals surface area contributed by atoms with E-state index in [1.165, 1.54) is 16.3 Å². The summed E-state index contributed by atoms with van der Waals surface area (Å²) in [6, 6.07) is 35.9. The zero-order valence-electron chi connectivity index (χ0n) is 19.4. The molecule has 36 heavy (non-hydrogen) atoms. The Balaban J connectivity index is 1.63. The predicted molar refractivity (Wildman–Crippen MR) is 148 cm³/mol. The molecule has 1 N–H and O–H groups in total. The van der Waals surface area contributed by atoms with E-state index in [-0.39, 0.29) is 5.56 Å². The summed E-state index contributed by atoms with van der Waals surface area (Å²) in [5.74, 6) is -0.943. The van der Waals surface area contributed by atoms with Crippen molar-refractivity contribution in [1.29, 1.82) is 0 Å². The normalized spacial score (nSPS) is 11.2. The molecule has 4 heteroatoms. The number of fused-ring (bicyclic) bond motifs is 2. The van der Waals surface area contributed by atoms with Gasteiger partial charge in [-0.1, -0.05) is 96.5 Å². The van der Waals surface area contributed by atoms with Crippen molar-refractivity contribution in [1.82, 2.24) is 4.57 Å². The number of carboxylic acids is 1. The minimum atomic E-state index is -0.943. The number of nitrogens with zero attached hydrogens (tertiary/aromatic N) is 1. The Kier molecular flexibility index (Phi) is 5.55. The van der Waals surface area contributed by atoms with Crippen LogP contribution in [0.4, 0.5) is 0 Å². The fourth-order valence-corrected chi connectivity index (χ4v) is 5.29. The molecule has 3 nitrogen and oxygen atoms in total. The third kappa shape index (κ3) is 3.84. The van der Waals surface area contributed by atoms with Gasteiger partial charge in [0.05, 0.1) is 5.56 Å². The van der Waals surface area contributed by atoms with E-state index >= 15 is 0 Å². The highest BCUT2D eigenvalue weighted by Gasteiger charge is 2.19. The molecule has 0 unspecified atom stereocenters. The SMILES string of the molecule is O=C(O)c1ccccc1-c1cccc2c1c(-c1cccc(Cl)c1)cn2Cc1cccc2ccccc12. The van der Waals surface area contributed by atoms with Gasteiger partial charge in [0.15, 0.2) is 0 Å². The second-order valence-electron chi connectivity index (χ2n) is 8.87. The van der Waals surface area contributed by atoms with E-state index in [2.05, 4.69) is 59.3 Å². The molecule has 0 amide bonds. The number of benzene rings is 5. The second kappa shape index (κ2) is 9.03. The molecule has 1 aromatic heterocycles. The van der Waals surface area contributed by atoms with Crippen molar-refractivity contribution in [3.05, 3.63) is 132 Å². The summed E-state index contributed by atoms with van der Waals surface area (Å²) in [4.78, 5) is 12.1. The minimum absolute atomic E-state index is 0.281. The van der Waals surface area contributed by atoms with Crippen molar-refractivity contribution >= 4 is 39.2 Å². The molecule has 5 aromatic carbocycles. The number of halogens is 1. The highest BCUT2D eigenvalue weighted by molar-refractivity contribution is 6.31. The van der Waals surface area contributed by atoms with Crippen LogP contribution in [-0.2, 0) is 6.54 Å². The zero-order valence-corrected chi connectivity index (χ0v) is 20.1. The summed E-state index contributed by atoms with van der Waals surface area (Å²) in [5, 5.41) is 14.0. The summed E-state index contributed by atoms with van der Waals surface area (Å²) in [7, 11) is 0. The van der Waals surface area contributed by atoms with E-state index in [0.29, 0.717) is 17.1 Å². The summed E-state index contributed by atoms with van der Waals surface area (Å²) in [5.41, 5.74) is 6.13. The largest absolute Gasteiger partial charge is 0.478 e. The first-order chi connectivity index (χ1) is 17.6. The van der Waals surface area contributed by atoms with Crippen molar-refractivity contribution in [3.63, 3.8) is 0 Å². The monoisotopic (exact) mass is 487 g/mol. The van der Waals surface area contributed by atoms with Gasteiger partial charge < -0.3 is 9.67 Å². The number of hydrogen-bond donors (Lipinski definition) is 1. The molecule has 0 atom stereocenters. The van der Waals surface area contributed by atoms with Crippen LogP contribution in [-0.4, -0.2) is 15.6 Å². The second-order valence-corrected chi connectivity index (χ2v) is 9.31. The fraction of sp³-hybridized carbons (Fsp3) is 0.0312. The van der Waals surface area contributed by atoms with E-state index in [9.17, 15) is 9.90 Å². The topological polar surface area (TPSA) is 42.2 Å². The first-order valence-electron chi connectivity index (χ1n) is 11.8. The van der Waals surface area contributed by atoms with Gasteiger partial charge in [-0.3, -0.25) is 0 Å². The molecule has 0 saturated carbocycles. The van der Waals surface area contributed by atoms with Crippen LogP contribution in [0.1, 0.15) is 15.9 Å². The average Bonchev–Trinajstić information content (AvgIpc) is 3.27. The highest BCUT2D eigenvalue weighted by Crippen LogP contribution is 2.40. The third-order valence-electron chi connectivity index (χ3n) is 6.71. The number of rotatable bonds is 5. The Morgan fingerprint density at radius 2 is 1.47 bits per heavy atom. The van der Waals surface area contributed by atoms with Crippen molar-refractivity contribution in [3.8, 4) is 22.3 Å². The maximum atomic E-state index is 12.1. The van der Waals surface area contributed by atoms with Gasteiger partial charge in [-0.25, -0.2) is 4.79 Å². The van der Waals surface area contributed by atoms with Crippen molar-refractivity contribution in [2.24, 2.45) is 0 Å². The van der Waals surface area contributed by atoms with Gasteiger partial charge in [0.1, 0.15) is 0 Å². The maximum Gasteiger partial charge on any atom is 0.336 e. The molecule has 6 rings (SSSR count). The fourth-order valence-electron chi connectivity index (χ4n) is 5.10. The Morgan fingerprint density at radius 3 is 2.33 bits per heavy atom. The Bertz CT molecular complexity index is 1760. The third-order valence-corrected chi connectivity index (χ3v) is 6.95. The Labute approximate surface area is 213 Å². The van der Waals surface area contributed by atoms with Gasteiger partial charge in [-0.15, -0.1) is 0 Å². The summed E-state index contributed by atoms with van der Waals surface area (Å²) in [6.07, 6.45) is 2.16. The van der Waals surface area contributed by atoms with Crippen LogP contribution in [0.3, 0.4) is 0 Å². The number of carbonyl (C=O) groups is 1. The summed E-state index contributed by atoms with van der Waals surface area (Å²) >= 11 is 6.39. The standard InChI is InChI=1S/C32H22ClNO2/c33-24-12-6-10-22(18-24)29-20-34(19-23-11-5-9-21-8-1-2-13-25(21)23)30-17-7-16-27(31(29)30)26-14-3-4-15-28(26)32(35)36/h1-18,20H,19H2,(H,35,36). The maximum absolute atomic E-state index is 12.1. The predicted octanol–water partition coefficient (Wildman–Crippen LogP) is 8.53. The molecular formula is C32H22ClNO2. The molecule has 0 aliphatic rings. The number of carboxylic acid groups (broad SMARTS) is 1. The van der Waals surface area contributed by atoms with E-state index in [1.807, 2.05) is 48.5 Å². The van der Waals surface area contributed by atoms with Gasteiger partial charge in [0.2, 0.25) is 0 Å². The van der Waals surface area contributed by atoms with E-state index in [4.69, 9.17) is 11.6 Å². The lowest BCUT2D eigenvalue weighted by Crippen LogP contribution is -2.00. The number of aromatic nitrogens is 1. The van der Waals surface area contributed by atoms with Crippen LogP contribution in [0, 0.1) is 0 Å². The minimum Gasteiger partial charge on any atom is -0.478 e. The lowest BCUT2D eigenvalue weighted by atomic mass is 9.93. The molecular weight excluding hydrogens is 466 g/mol. The van der Waals surface area contributed by atoms with Crippen LogP contribution in [0.25, 0.3) is 43.9 Å². The van der Waals surface area contributed by atoms with Gasteiger partial charge in [0, 0.05) is 34.2 Å². The van der Waals surface area contributed by atoms with E-state index in [1.54, 1.807) is 12.1 Å². The highest BCUT2D eigenvalue weighted by atomic mass is 35.5. The summed E-state index contributed by atoms with van der Waals surface area (Å²) < 4.78 is 2.25. The molecule has 0 spiro atoms. The molecule has 0 bridgehead atoms. The quantitative estimate of drug-likeness (QED) is 0.265. The molecule has 0 aliphatic carbocycles. The van der Waals surface area contributed by atoms with Gasteiger partial charge in [0.25, 0.3) is 0 Å². The van der Waals surface area contributed by atoms with E-state index < -0.39 is 5.97 Å². The smallest absolute Gasteiger partial charge is 0.336 e. The van der Waals surface area contributed by atoms with Gasteiger partial charge in [-0.05, 0) is 57.3 Å². The van der Waals surface area contributed by atoms with Gasteiger partial charge in [-0.2, -0.15) is 0 Å². The van der Waals surface area contributed by atoms with Crippen LogP contribution in [0.2, 0.25) is 5.02 Å². The molecule has 6 aromatic rings. The molecule has 1 heterocycles. The van der Waals surface area contributed by atoms with Crippen molar-refractivity contribution < 1.29 is 9.90 Å². The van der Waals surface area contributed by atoms with Crippen molar-refractivity contribution in [2.75, 3.05) is 0 Å². The zero-order chi connectivity index (χ0) is 24.6. The summed E-state index contributed by atoms with van der Waals surface area (Å²) in [6.45, 7) is 0.683. The van der Waals surface area contributed by atoms with Crippen LogP contribution < -0.4 is 0 Å².